The number of nitrogens with one attached hydrogen (secondary N) is 1. The molecule has 1 fully saturated rings. The van der Waals surface area contributed by atoms with Crippen LogP contribution < -0.4 is 5.32 Å². The molecular formula is C15H28N2O3. The fourth-order valence-corrected chi connectivity index (χ4v) is 2.38. The molecule has 2 amide bonds. The van der Waals surface area contributed by atoms with E-state index >= 15 is 0 Å². The Kier molecular flexibility index (Phi) is 6.30. The van der Waals surface area contributed by atoms with Gasteiger partial charge in [0.1, 0.15) is 0 Å². The molecule has 5 heteroatoms. The molecule has 1 atom stereocenters. The molecule has 1 rings (SSSR count). The van der Waals surface area contributed by atoms with Crippen LogP contribution in [0.25, 0.3) is 0 Å². The van der Waals surface area contributed by atoms with Crippen molar-refractivity contribution in [1.82, 2.24) is 10.2 Å². The van der Waals surface area contributed by atoms with E-state index in [1.165, 1.54) is 0 Å². The van der Waals surface area contributed by atoms with Crippen molar-refractivity contribution in [3.05, 3.63) is 0 Å². The van der Waals surface area contributed by atoms with Gasteiger partial charge in [-0.3, -0.25) is 4.79 Å². The fourth-order valence-electron chi connectivity index (χ4n) is 2.38. The molecule has 1 aliphatic rings. The number of hydrogen-bond donors (Lipinski definition) is 1. The van der Waals surface area contributed by atoms with Gasteiger partial charge in [-0.25, -0.2) is 4.79 Å². The maximum atomic E-state index is 12.2. The summed E-state index contributed by atoms with van der Waals surface area (Å²) in [6.45, 7) is 9.07. The molecule has 20 heavy (non-hydrogen) atoms. The maximum Gasteiger partial charge on any atom is 0.318 e. The molecule has 0 aliphatic carbocycles. The Morgan fingerprint density at radius 2 is 2.05 bits per heavy atom. The average Bonchev–Trinajstić information content (AvgIpc) is 2.75. The van der Waals surface area contributed by atoms with Crippen molar-refractivity contribution < 1.29 is 14.3 Å². The van der Waals surface area contributed by atoms with E-state index in [0.717, 1.165) is 32.2 Å². The van der Waals surface area contributed by atoms with Gasteiger partial charge >= 0.3 is 12.0 Å². The topological polar surface area (TPSA) is 58.6 Å². The summed E-state index contributed by atoms with van der Waals surface area (Å²) in [6.07, 6.45) is 4.02. The predicted molar refractivity (Wildman–Crippen MR) is 78.5 cm³/mol. The van der Waals surface area contributed by atoms with E-state index in [4.69, 9.17) is 4.74 Å². The molecule has 0 saturated carbocycles. The molecule has 0 radical (unpaired) electrons. The first-order valence-corrected chi connectivity index (χ1v) is 7.58. The van der Waals surface area contributed by atoms with Crippen LogP contribution in [-0.2, 0) is 9.53 Å². The highest BCUT2D eigenvalue weighted by atomic mass is 16.5. The van der Waals surface area contributed by atoms with Gasteiger partial charge in [0.2, 0.25) is 0 Å². The normalized spacial score (nSPS) is 19.0. The van der Waals surface area contributed by atoms with E-state index in [2.05, 4.69) is 5.32 Å². The second-order valence-corrected chi connectivity index (χ2v) is 6.43. The minimum atomic E-state index is -0.224. The number of amides is 2. The van der Waals surface area contributed by atoms with E-state index in [9.17, 15) is 9.59 Å². The number of ether oxygens (including phenoxy) is 1. The van der Waals surface area contributed by atoms with Crippen molar-refractivity contribution >= 4 is 12.0 Å². The van der Waals surface area contributed by atoms with E-state index in [1.807, 2.05) is 32.6 Å². The number of hydrogen-bond acceptors (Lipinski definition) is 3. The van der Waals surface area contributed by atoms with Crippen LogP contribution in [0.3, 0.4) is 0 Å². The zero-order chi connectivity index (χ0) is 15.2. The second kappa shape index (κ2) is 7.50. The quantitative estimate of drug-likeness (QED) is 0.790. The van der Waals surface area contributed by atoms with E-state index < -0.39 is 0 Å². The van der Waals surface area contributed by atoms with Crippen LogP contribution in [0.4, 0.5) is 4.79 Å². The summed E-state index contributed by atoms with van der Waals surface area (Å²) in [5.74, 6) is -0.142. The molecular weight excluding hydrogens is 256 g/mol. The SMILES string of the molecule is CCCC(=O)OCC[C@@H]1CCCN1C(=O)NC(C)(C)C. The van der Waals surface area contributed by atoms with E-state index in [-0.39, 0.29) is 23.6 Å². The number of urea groups is 1. The van der Waals surface area contributed by atoms with Gasteiger partial charge < -0.3 is 15.0 Å². The number of carbonyl (C=O) groups excluding carboxylic acids is 2. The van der Waals surface area contributed by atoms with E-state index in [1.54, 1.807) is 0 Å². The third-order valence-corrected chi connectivity index (χ3v) is 3.29. The molecule has 5 nitrogen and oxygen atoms in total. The number of esters is 1. The van der Waals surface area contributed by atoms with Crippen molar-refractivity contribution in [2.45, 2.75) is 71.4 Å². The summed E-state index contributed by atoms with van der Waals surface area (Å²) >= 11 is 0. The van der Waals surface area contributed by atoms with Gasteiger partial charge in [-0.05, 0) is 40.0 Å². The first kappa shape index (κ1) is 16.8. The van der Waals surface area contributed by atoms with Crippen LogP contribution in [0.2, 0.25) is 0 Å². The van der Waals surface area contributed by atoms with Crippen molar-refractivity contribution in [3.8, 4) is 0 Å². The summed E-state index contributed by atoms with van der Waals surface area (Å²) < 4.78 is 5.18. The smallest absolute Gasteiger partial charge is 0.318 e. The van der Waals surface area contributed by atoms with Crippen molar-refractivity contribution in [3.63, 3.8) is 0 Å². The number of rotatable bonds is 5. The maximum absolute atomic E-state index is 12.2. The Morgan fingerprint density at radius 3 is 2.65 bits per heavy atom. The van der Waals surface area contributed by atoms with Crippen LogP contribution in [0.5, 0.6) is 0 Å². The molecule has 1 heterocycles. The van der Waals surface area contributed by atoms with E-state index in [0.29, 0.717) is 13.0 Å². The third kappa shape index (κ3) is 5.80. The summed E-state index contributed by atoms with van der Waals surface area (Å²) in [6, 6.07) is 0.173. The molecule has 1 saturated heterocycles. The standard InChI is InChI=1S/C15H28N2O3/c1-5-7-13(18)20-11-9-12-8-6-10-17(12)14(19)16-15(2,3)4/h12H,5-11H2,1-4H3,(H,16,19)/t12-/m0/s1. The fraction of sp³-hybridized carbons (Fsp3) is 0.867. The Bertz CT molecular complexity index is 337. The zero-order valence-corrected chi connectivity index (χ0v) is 13.2. The van der Waals surface area contributed by atoms with Gasteiger partial charge in [-0.15, -0.1) is 0 Å². The monoisotopic (exact) mass is 284 g/mol. The van der Waals surface area contributed by atoms with Gasteiger partial charge in [-0.2, -0.15) is 0 Å². The molecule has 1 N–H and O–H groups in total. The van der Waals surface area contributed by atoms with Crippen molar-refractivity contribution in [2.75, 3.05) is 13.2 Å². The lowest BCUT2D eigenvalue weighted by Crippen LogP contribution is -2.50. The highest BCUT2D eigenvalue weighted by Crippen LogP contribution is 2.21. The van der Waals surface area contributed by atoms with Gasteiger partial charge in [0.05, 0.1) is 6.61 Å². The molecule has 0 aromatic carbocycles. The Morgan fingerprint density at radius 1 is 1.35 bits per heavy atom. The van der Waals surface area contributed by atoms with Gasteiger partial charge in [0, 0.05) is 31.0 Å². The molecule has 0 unspecified atom stereocenters. The Labute approximate surface area is 122 Å². The highest BCUT2D eigenvalue weighted by Gasteiger charge is 2.30. The van der Waals surface area contributed by atoms with Crippen molar-refractivity contribution in [1.29, 1.82) is 0 Å². The largest absolute Gasteiger partial charge is 0.466 e. The minimum absolute atomic E-state index is 0.0140. The van der Waals surface area contributed by atoms with Crippen LogP contribution in [-0.4, -0.2) is 41.6 Å². The Balaban J connectivity index is 2.37. The number of nitrogens with zero attached hydrogens (tertiary/aromatic N) is 1. The number of carbonyl (C=O) groups is 2. The van der Waals surface area contributed by atoms with Gasteiger partial charge in [0.25, 0.3) is 0 Å². The molecule has 0 spiro atoms. The minimum Gasteiger partial charge on any atom is -0.466 e. The summed E-state index contributed by atoms with van der Waals surface area (Å²) in [5.41, 5.74) is -0.224. The molecule has 1 aliphatic heterocycles. The van der Waals surface area contributed by atoms with Gasteiger partial charge in [-0.1, -0.05) is 6.92 Å². The van der Waals surface area contributed by atoms with Crippen LogP contribution in [0.15, 0.2) is 0 Å². The average molecular weight is 284 g/mol. The Hall–Kier alpha value is -1.26. The molecule has 0 aromatic heterocycles. The third-order valence-electron chi connectivity index (χ3n) is 3.29. The first-order valence-electron chi connectivity index (χ1n) is 7.58. The lowest BCUT2D eigenvalue weighted by molar-refractivity contribution is -0.144. The summed E-state index contributed by atoms with van der Waals surface area (Å²) in [4.78, 5) is 25.4. The van der Waals surface area contributed by atoms with Crippen LogP contribution in [0, 0.1) is 0 Å². The molecule has 0 aromatic rings. The zero-order valence-electron chi connectivity index (χ0n) is 13.2. The molecule has 0 bridgehead atoms. The summed E-state index contributed by atoms with van der Waals surface area (Å²) in [7, 11) is 0. The predicted octanol–water partition coefficient (Wildman–Crippen LogP) is 2.69. The highest BCUT2D eigenvalue weighted by molar-refractivity contribution is 5.75. The van der Waals surface area contributed by atoms with Gasteiger partial charge in [0.15, 0.2) is 0 Å². The summed E-state index contributed by atoms with van der Waals surface area (Å²) in [5, 5.41) is 2.99. The van der Waals surface area contributed by atoms with Crippen LogP contribution in [0.1, 0.15) is 59.8 Å². The lowest BCUT2D eigenvalue weighted by atomic mass is 10.1. The van der Waals surface area contributed by atoms with Crippen molar-refractivity contribution in [2.24, 2.45) is 0 Å². The first-order chi connectivity index (χ1) is 9.33. The molecule has 116 valence electrons. The lowest BCUT2D eigenvalue weighted by Gasteiger charge is -2.29. The second-order valence-electron chi connectivity index (χ2n) is 6.43. The van der Waals surface area contributed by atoms with Crippen LogP contribution >= 0.6 is 0 Å². The number of likely N-dealkylation sites (tertiary alicyclic amines) is 1.